The van der Waals surface area contributed by atoms with Gasteiger partial charge in [0.25, 0.3) is 0 Å². The lowest BCUT2D eigenvalue weighted by Gasteiger charge is -2.14. The van der Waals surface area contributed by atoms with E-state index in [2.05, 4.69) is 0 Å². The minimum absolute atomic E-state index is 0.188. The number of para-hydroxylation sites is 1. The maximum absolute atomic E-state index is 14.2. The van der Waals surface area contributed by atoms with Crippen molar-refractivity contribution in [2.24, 2.45) is 0 Å². The van der Waals surface area contributed by atoms with Gasteiger partial charge in [0, 0.05) is 12.1 Å². The lowest BCUT2D eigenvalue weighted by Crippen LogP contribution is -2.06. The summed E-state index contributed by atoms with van der Waals surface area (Å²) in [6.45, 7) is 0. The van der Waals surface area contributed by atoms with Crippen LogP contribution in [-0.4, -0.2) is 16.0 Å². The van der Waals surface area contributed by atoms with Gasteiger partial charge in [0.15, 0.2) is 11.6 Å². The molecule has 0 atom stereocenters. The van der Waals surface area contributed by atoms with E-state index < -0.39 is 50.7 Å². The lowest BCUT2D eigenvalue weighted by molar-refractivity contribution is -0.385. The van der Waals surface area contributed by atoms with Gasteiger partial charge in [-0.05, 0) is 30.3 Å². The van der Waals surface area contributed by atoms with Crippen LogP contribution in [0.3, 0.4) is 0 Å². The van der Waals surface area contributed by atoms with Crippen molar-refractivity contribution < 1.29 is 41.9 Å². The Morgan fingerprint density at radius 2 is 1.72 bits per heavy atom. The van der Waals surface area contributed by atoms with Crippen molar-refractivity contribution in [1.29, 1.82) is 0 Å². The number of benzene rings is 3. The number of carbonyl (C=O) groups is 1. The van der Waals surface area contributed by atoms with Gasteiger partial charge in [0.1, 0.15) is 17.1 Å². The van der Waals surface area contributed by atoms with E-state index >= 15 is 0 Å². The van der Waals surface area contributed by atoms with Crippen molar-refractivity contribution >= 4 is 23.3 Å². The summed E-state index contributed by atoms with van der Waals surface area (Å²) in [7, 11) is 0. The summed E-state index contributed by atoms with van der Waals surface area (Å²) in [5, 5.41) is 19.9. The van der Waals surface area contributed by atoms with Gasteiger partial charge in [-0.2, -0.15) is 13.2 Å². The number of nitrogens with zero attached hydrogens (tertiary/aromatic N) is 1. The average Bonchev–Trinajstić information content (AvgIpc) is 2.70. The number of ether oxygens (including phenoxy) is 2. The highest BCUT2D eigenvalue weighted by atomic mass is 35.5. The molecule has 7 nitrogen and oxygen atoms in total. The molecule has 3 aromatic rings. The molecule has 12 heteroatoms. The number of halogens is 5. The van der Waals surface area contributed by atoms with E-state index in [-0.39, 0.29) is 23.1 Å². The molecule has 0 aromatic heterocycles. The van der Waals surface area contributed by atoms with Crippen molar-refractivity contribution in [2.45, 2.75) is 6.18 Å². The van der Waals surface area contributed by atoms with Crippen molar-refractivity contribution in [3.63, 3.8) is 0 Å². The molecular weight excluding hydrogens is 462 g/mol. The van der Waals surface area contributed by atoms with Crippen LogP contribution in [0.25, 0.3) is 0 Å². The molecule has 166 valence electrons. The summed E-state index contributed by atoms with van der Waals surface area (Å²) in [5.41, 5.74) is -2.19. The Bertz CT molecular complexity index is 1190. The highest BCUT2D eigenvalue weighted by Gasteiger charge is 2.33. The predicted octanol–water partition coefficient (Wildman–Crippen LogP) is 6.69. The number of hydrogen-bond acceptors (Lipinski definition) is 5. The van der Waals surface area contributed by atoms with Crippen LogP contribution in [0.15, 0.2) is 54.6 Å². The average molecular weight is 472 g/mol. The minimum Gasteiger partial charge on any atom is -0.478 e. The van der Waals surface area contributed by atoms with Gasteiger partial charge in [-0.3, -0.25) is 10.1 Å². The van der Waals surface area contributed by atoms with E-state index in [1.54, 1.807) is 0 Å². The number of rotatable bonds is 6. The predicted molar refractivity (Wildman–Crippen MR) is 103 cm³/mol. The Morgan fingerprint density at radius 1 is 1.03 bits per heavy atom. The fraction of sp³-hybridized carbons (Fsp3) is 0.0500. The Hall–Kier alpha value is -3.86. The molecule has 0 radical (unpaired) electrons. The van der Waals surface area contributed by atoms with Gasteiger partial charge in [-0.15, -0.1) is 0 Å². The van der Waals surface area contributed by atoms with Crippen LogP contribution in [-0.2, 0) is 6.18 Å². The zero-order valence-corrected chi connectivity index (χ0v) is 16.3. The molecule has 0 aliphatic heterocycles. The SMILES string of the molecule is O=C(O)c1ccccc1Oc1cc(Oc2c(F)cc(C(F)(F)F)cc2Cl)ccc1[N+](=O)[O-]. The molecule has 32 heavy (non-hydrogen) atoms. The summed E-state index contributed by atoms with van der Waals surface area (Å²) in [6, 6.07) is 8.90. The normalized spacial score (nSPS) is 11.2. The Morgan fingerprint density at radius 3 is 2.31 bits per heavy atom. The molecule has 0 aliphatic rings. The number of carboxylic acid groups (broad SMARTS) is 1. The van der Waals surface area contributed by atoms with Gasteiger partial charge in [-0.25, -0.2) is 9.18 Å². The second kappa shape index (κ2) is 8.71. The van der Waals surface area contributed by atoms with Gasteiger partial charge in [0.2, 0.25) is 5.75 Å². The molecule has 0 fully saturated rings. The van der Waals surface area contributed by atoms with E-state index in [1.807, 2.05) is 0 Å². The molecule has 0 unspecified atom stereocenters. The smallest absolute Gasteiger partial charge is 0.416 e. The fourth-order valence-corrected chi connectivity index (χ4v) is 2.83. The molecule has 0 aliphatic carbocycles. The van der Waals surface area contributed by atoms with E-state index in [4.69, 9.17) is 21.1 Å². The van der Waals surface area contributed by atoms with Crippen molar-refractivity contribution in [3.05, 3.63) is 86.7 Å². The zero-order chi connectivity index (χ0) is 23.6. The van der Waals surface area contributed by atoms with Crippen LogP contribution in [0.5, 0.6) is 23.0 Å². The Kier molecular flexibility index (Phi) is 6.21. The van der Waals surface area contributed by atoms with Crippen molar-refractivity contribution in [2.75, 3.05) is 0 Å². The first-order chi connectivity index (χ1) is 15.0. The molecule has 1 N–H and O–H groups in total. The molecular formula is C20H10ClF4NO6. The molecule has 0 bridgehead atoms. The molecule has 0 spiro atoms. The number of nitro groups is 1. The number of alkyl halides is 3. The first kappa shape index (κ1) is 22.8. The van der Waals surface area contributed by atoms with Crippen LogP contribution >= 0.6 is 11.6 Å². The second-order valence-corrected chi connectivity index (χ2v) is 6.57. The van der Waals surface area contributed by atoms with Gasteiger partial charge < -0.3 is 14.6 Å². The maximum Gasteiger partial charge on any atom is 0.416 e. The topological polar surface area (TPSA) is 98.9 Å². The van der Waals surface area contributed by atoms with Gasteiger partial charge in [0.05, 0.1) is 15.5 Å². The summed E-state index contributed by atoms with van der Waals surface area (Å²) in [5.74, 6) is -4.45. The first-order valence-corrected chi connectivity index (χ1v) is 8.88. The maximum atomic E-state index is 14.2. The number of nitro benzene ring substituents is 1. The molecule has 3 aromatic carbocycles. The van der Waals surface area contributed by atoms with Gasteiger partial charge >= 0.3 is 17.8 Å². The van der Waals surface area contributed by atoms with Crippen LogP contribution < -0.4 is 9.47 Å². The fourth-order valence-electron chi connectivity index (χ4n) is 2.58. The third-order valence-electron chi connectivity index (χ3n) is 4.01. The highest BCUT2D eigenvalue weighted by molar-refractivity contribution is 6.32. The summed E-state index contributed by atoms with van der Waals surface area (Å²) < 4.78 is 63.2. The molecule has 3 rings (SSSR count). The third kappa shape index (κ3) is 4.89. The molecule has 0 saturated carbocycles. The van der Waals surface area contributed by atoms with Crippen LogP contribution in [0.1, 0.15) is 15.9 Å². The number of hydrogen-bond donors (Lipinski definition) is 1. The monoisotopic (exact) mass is 471 g/mol. The van der Waals surface area contributed by atoms with Crippen molar-refractivity contribution in [1.82, 2.24) is 0 Å². The summed E-state index contributed by atoms with van der Waals surface area (Å²) in [6.07, 6.45) is -4.84. The third-order valence-corrected chi connectivity index (χ3v) is 4.29. The molecule has 0 heterocycles. The summed E-state index contributed by atoms with van der Waals surface area (Å²) >= 11 is 5.73. The van der Waals surface area contributed by atoms with E-state index in [1.165, 1.54) is 24.3 Å². The van der Waals surface area contributed by atoms with E-state index in [0.29, 0.717) is 6.07 Å². The number of aromatic carboxylic acids is 1. The van der Waals surface area contributed by atoms with Crippen molar-refractivity contribution in [3.8, 4) is 23.0 Å². The molecule has 0 saturated heterocycles. The highest BCUT2D eigenvalue weighted by Crippen LogP contribution is 2.41. The quantitative estimate of drug-likeness (QED) is 0.244. The van der Waals surface area contributed by atoms with E-state index in [0.717, 1.165) is 18.2 Å². The minimum atomic E-state index is -4.84. The largest absolute Gasteiger partial charge is 0.478 e. The lowest BCUT2D eigenvalue weighted by atomic mass is 10.2. The Balaban J connectivity index is 2.01. The van der Waals surface area contributed by atoms with E-state index in [9.17, 15) is 37.6 Å². The summed E-state index contributed by atoms with van der Waals surface area (Å²) in [4.78, 5) is 21.8. The van der Waals surface area contributed by atoms with Gasteiger partial charge in [-0.1, -0.05) is 23.7 Å². The van der Waals surface area contributed by atoms with Crippen LogP contribution in [0.2, 0.25) is 5.02 Å². The standard InChI is InChI=1S/C20H10ClF4NO6/c21-13-7-10(20(23,24)25)8-14(22)18(13)31-11-5-6-15(26(29)30)17(9-11)32-16-4-2-1-3-12(16)19(27)28/h1-9H,(H,27,28). The second-order valence-electron chi connectivity index (χ2n) is 6.16. The van der Waals surface area contributed by atoms with Crippen LogP contribution in [0.4, 0.5) is 23.2 Å². The number of carboxylic acids is 1. The first-order valence-electron chi connectivity index (χ1n) is 8.50. The molecule has 0 amide bonds. The van der Waals surface area contributed by atoms with Crippen LogP contribution in [0, 0.1) is 15.9 Å². The zero-order valence-electron chi connectivity index (χ0n) is 15.5. The Labute approximate surface area is 181 Å².